The quantitative estimate of drug-likeness (QED) is 0.592. The number of hydrogen-bond donors (Lipinski definition) is 0. The number of rotatable bonds is 7. The second-order valence-corrected chi connectivity index (χ2v) is 7.13. The molecule has 128 valence electrons. The van der Waals surface area contributed by atoms with E-state index < -0.39 is 0 Å². The lowest BCUT2D eigenvalue weighted by Crippen LogP contribution is -2.28. The molecule has 0 N–H and O–H groups in total. The van der Waals surface area contributed by atoms with E-state index in [9.17, 15) is 0 Å². The molecule has 3 heteroatoms. The third-order valence-electron chi connectivity index (χ3n) is 4.97. The third kappa shape index (κ3) is 4.52. The Hall–Kier alpha value is -1.51. The Morgan fingerprint density at radius 2 is 1.71 bits per heavy atom. The van der Waals surface area contributed by atoms with Crippen molar-refractivity contribution < 1.29 is 0 Å². The van der Waals surface area contributed by atoms with Crippen LogP contribution in [0.3, 0.4) is 0 Å². The maximum Gasteiger partial charge on any atom is 0.0411 e. The van der Waals surface area contributed by atoms with Gasteiger partial charge in [-0.2, -0.15) is 0 Å². The summed E-state index contributed by atoms with van der Waals surface area (Å²) in [5.41, 5.74) is 2.45. The molecule has 0 amide bonds. The van der Waals surface area contributed by atoms with Crippen molar-refractivity contribution >= 4 is 23.0 Å². The van der Waals surface area contributed by atoms with Crippen LogP contribution in [0.25, 0.3) is 0 Å². The molecule has 3 rings (SSSR count). The fraction of sp³-hybridized carbons (Fsp3) is 0.429. The largest absolute Gasteiger partial charge is 0.341 e. The molecule has 1 unspecified atom stereocenters. The van der Waals surface area contributed by atoms with Crippen LogP contribution in [0, 0.1) is 0 Å². The minimum atomic E-state index is 0.770. The SMILES string of the molecule is CC1CCCN1CCCCN(c1ccccc1)c1ccc(Cl)cc1. The van der Waals surface area contributed by atoms with Crippen molar-refractivity contribution in [2.75, 3.05) is 24.5 Å². The minimum Gasteiger partial charge on any atom is -0.341 e. The first-order chi connectivity index (χ1) is 11.7. The number of unbranched alkanes of at least 4 members (excludes halogenated alkanes) is 1. The maximum absolute atomic E-state index is 6.05. The molecule has 0 saturated carbocycles. The van der Waals surface area contributed by atoms with Gasteiger partial charge in [-0.25, -0.2) is 0 Å². The second kappa shape index (κ2) is 8.55. The predicted molar refractivity (Wildman–Crippen MR) is 104 cm³/mol. The highest BCUT2D eigenvalue weighted by Gasteiger charge is 2.19. The zero-order valence-corrected chi connectivity index (χ0v) is 15.3. The fourth-order valence-corrected chi connectivity index (χ4v) is 3.67. The van der Waals surface area contributed by atoms with Gasteiger partial charge in [0.2, 0.25) is 0 Å². The van der Waals surface area contributed by atoms with E-state index in [1.54, 1.807) is 0 Å². The Morgan fingerprint density at radius 1 is 1.00 bits per heavy atom. The second-order valence-electron chi connectivity index (χ2n) is 6.70. The van der Waals surface area contributed by atoms with E-state index in [0.29, 0.717) is 0 Å². The Labute approximate surface area is 151 Å². The molecule has 2 aromatic rings. The molecule has 0 bridgehead atoms. The molecule has 0 aromatic heterocycles. The van der Waals surface area contributed by atoms with Crippen LogP contribution in [0.5, 0.6) is 0 Å². The first kappa shape index (κ1) is 17.3. The maximum atomic E-state index is 6.05. The van der Waals surface area contributed by atoms with E-state index in [0.717, 1.165) is 17.6 Å². The van der Waals surface area contributed by atoms with Gasteiger partial charge < -0.3 is 9.80 Å². The van der Waals surface area contributed by atoms with Crippen LogP contribution in [0.2, 0.25) is 5.02 Å². The zero-order chi connectivity index (χ0) is 16.8. The summed E-state index contributed by atoms with van der Waals surface area (Å²) in [5, 5.41) is 0.787. The van der Waals surface area contributed by atoms with Crippen molar-refractivity contribution in [1.29, 1.82) is 0 Å². The van der Waals surface area contributed by atoms with Gasteiger partial charge in [-0.15, -0.1) is 0 Å². The first-order valence-corrected chi connectivity index (χ1v) is 9.44. The zero-order valence-electron chi connectivity index (χ0n) is 14.5. The summed E-state index contributed by atoms with van der Waals surface area (Å²) in [4.78, 5) is 5.03. The molecule has 2 nitrogen and oxygen atoms in total. The van der Waals surface area contributed by atoms with Gasteiger partial charge in [0.05, 0.1) is 0 Å². The molecular weight excluding hydrogens is 316 g/mol. The molecule has 1 saturated heterocycles. The van der Waals surface area contributed by atoms with Gasteiger partial charge in [-0.05, 0) is 82.1 Å². The van der Waals surface area contributed by atoms with E-state index in [4.69, 9.17) is 11.6 Å². The molecule has 1 aliphatic rings. The molecule has 0 aliphatic carbocycles. The lowest BCUT2D eigenvalue weighted by molar-refractivity contribution is 0.264. The fourth-order valence-electron chi connectivity index (χ4n) is 3.55. The number of hydrogen-bond acceptors (Lipinski definition) is 2. The van der Waals surface area contributed by atoms with E-state index in [2.05, 4.69) is 59.2 Å². The van der Waals surface area contributed by atoms with Crippen molar-refractivity contribution in [1.82, 2.24) is 4.90 Å². The monoisotopic (exact) mass is 342 g/mol. The van der Waals surface area contributed by atoms with Crippen LogP contribution in [0.1, 0.15) is 32.6 Å². The smallest absolute Gasteiger partial charge is 0.0411 e. The summed E-state index contributed by atoms with van der Waals surface area (Å²) in [5.74, 6) is 0. The highest BCUT2D eigenvalue weighted by atomic mass is 35.5. The number of likely N-dealkylation sites (tertiary alicyclic amines) is 1. The van der Waals surface area contributed by atoms with Crippen LogP contribution in [0.4, 0.5) is 11.4 Å². The van der Waals surface area contributed by atoms with Gasteiger partial charge in [0.25, 0.3) is 0 Å². The number of nitrogens with zero attached hydrogens (tertiary/aromatic N) is 2. The average Bonchev–Trinajstić information content (AvgIpc) is 3.02. The van der Waals surface area contributed by atoms with Crippen molar-refractivity contribution in [2.45, 2.75) is 38.6 Å². The van der Waals surface area contributed by atoms with E-state index in [1.165, 1.54) is 50.1 Å². The van der Waals surface area contributed by atoms with E-state index >= 15 is 0 Å². The first-order valence-electron chi connectivity index (χ1n) is 9.06. The Bertz CT molecular complexity index is 611. The Kier molecular flexibility index (Phi) is 6.17. The van der Waals surface area contributed by atoms with Crippen LogP contribution < -0.4 is 4.90 Å². The third-order valence-corrected chi connectivity index (χ3v) is 5.23. The number of anilines is 2. The van der Waals surface area contributed by atoms with Crippen LogP contribution >= 0.6 is 11.6 Å². The lowest BCUT2D eigenvalue weighted by atomic mass is 10.2. The number of para-hydroxylation sites is 1. The van der Waals surface area contributed by atoms with Crippen molar-refractivity contribution in [3.8, 4) is 0 Å². The topological polar surface area (TPSA) is 6.48 Å². The van der Waals surface area contributed by atoms with Gasteiger partial charge in [-0.1, -0.05) is 29.8 Å². The molecule has 2 aromatic carbocycles. The van der Waals surface area contributed by atoms with Gasteiger partial charge in [0.1, 0.15) is 0 Å². The van der Waals surface area contributed by atoms with Crippen molar-refractivity contribution in [3.63, 3.8) is 0 Å². The standard InChI is InChI=1S/C21H27ClN2/c1-18-8-7-16-23(18)15-5-6-17-24(20-9-3-2-4-10-20)21-13-11-19(22)12-14-21/h2-4,9-14,18H,5-8,15-17H2,1H3. The molecule has 1 aliphatic heterocycles. The predicted octanol–water partition coefficient (Wildman–Crippen LogP) is 5.74. The van der Waals surface area contributed by atoms with Gasteiger partial charge in [0, 0.05) is 29.0 Å². The van der Waals surface area contributed by atoms with Crippen LogP contribution in [-0.4, -0.2) is 30.6 Å². The molecule has 1 atom stereocenters. The highest BCUT2D eigenvalue weighted by molar-refractivity contribution is 6.30. The summed E-state index contributed by atoms with van der Waals surface area (Å²) in [6.45, 7) is 5.90. The van der Waals surface area contributed by atoms with Crippen LogP contribution in [0.15, 0.2) is 54.6 Å². The summed E-state index contributed by atoms with van der Waals surface area (Å²) in [6, 6.07) is 19.6. The van der Waals surface area contributed by atoms with Gasteiger partial charge in [0.15, 0.2) is 0 Å². The molecule has 1 heterocycles. The summed E-state index contributed by atoms with van der Waals surface area (Å²) < 4.78 is 0. The van der Waals surface area contributed by atoms with Gasteiger partial charge in [-0.3, -0.25) is 0 Å². The molecule has 0 radical (unpaired) electrons. The lowest BCUT2D eigenvalue weighted by Gasteiger charge is -2.26. The minimum absolute atomic E-state index is 0.770. The summed E-state index contributed by atoms with van der Waals surface area (Å²) in [7, 11) is 0. The van der Waals surface area contributed by atoms with Gasteiger partial charge >= 0.3 is 0 Å². The summed E-state index contributed by atoms with van der Waals surface area (Å²) in [6.07, 6.45) is 5.17. The average molecular weight is 343 g/mol. The highest BCUT2D eigenvalue weighted by Crippen LogP contribution is 2.27. The number of halogens is 1. The molecular formula is C21H27ClN2. The molecule has 1 fully saturated rings. The van der Waals surface area contributed by atoms with E-state index in [1.807, 2.05) is 12.1 Å². The van der Waals surface area contributed by atoms with E-state index in [-0.39, 0.29) is 0 Å². The normalized spacial score (nSPS) is 18.0. The Balaban J connectivity index is 1.61. The van der Waals surface area contributed by atoms with Crippen molar-refractivity contribution in [2.24, 2.45) is 0 Å². The van der Waals surface area contributed by atoms with Crippen molar-refractivity contribution in [3.05, 3.63) is 59.6 Å². The molecule has 0 spiro atoms. The number of benzene rings is 2. The Morgan fingerprint density at radius 3 is 2.38 bits per heavy atom. The molecule has 24 heavy (non-hydrogen) atoms. The van der Waals surface area contributed by atoms with Crippen LogP contribution in [-0.2, 0) is 0 Å². The summed E-state index contributed by atoms with van der Waals surface area (Å²) >= 11 is 6.05.